The van der Waals surface area contributed by atoms with Gasteiger partial charge in [-0.1, -0.05) is 11.6 Å². The molecule has 2 rings (SSSR count). The van der Waals surface area contributed by atoms with E-state index in [0.29, 0.717) is 10.8 Å². The first kappa shape index (κ1) is 24.4. The van der Waals surface area contributed by atoms with Crippen LogP contribution in [0.15, 0.2) is 24.3 Å². The van der Waals surface area contributed by atoms with Crippen LogP contribution in [0.25, 0.3) is 0 Å². The van der Waals surface area contributed by atoms with E-state index in [-0.39, 0.29) is 6.61 Å². The molecule has 1 heterocycles. The highest BCUT2D eigenvalue weighted by Gasteiger charge is 2.53. The van der Waals surface area contributed by atoms with Gasteiger partial charge in [0.25, 0.3) is 0 Å². The Morgan fingerprint density at radius 1 is 0.806 bits per heavy atom. The maximum Gasteiger partial charge on any atom is 0.303 e. The van der Waals surface area contributed by atoms with E-state index in [9.17, 15) is 19.2 Å². The summed E-state index contributed by atoms with van der Waals surface area (Å²) in [4.78, 5) is 46.5. The van der Waals surface area contributed by atoms with E-state index in [1.165, 1.54) is 6.92 Å². The topological polar surface area (TPSA) is 124 Å². The molecule has 1 aromatic rings. The molecule has 0 aromatic heterocycles. The first-order chi connectivity index (χ1) is 14.6. The third-order valence-corrected chi connectivity index (χ3v) is 4.27. The molecule has 0 unspecified atom stereocenters. The van der Waals surface area contributed by atoms with Crippen molar-refractivity contribution in [2.75, 3.05) is 6.61 Å². The Bertz CT molecular complexity index is 809. The van der Waals surface area contributed by atoms with Crippen molar-refractivity contribution in [3.63, 3.8) is 0 Å². The average molecular weight is 459 g/mol. The molecule has 1 saturated heterocycles. The predicted octanol–water partition coefficient (Wildman–Crippen LogP) is 1.80. The Hall–Kier alpha value is -2.85. The van der Waals surface area contributed by atoms with Gasteiger partial charge in [-0.2, -0.15) is 0 Å². The van der Waals surface area contributed by atoms with Crippen molar-refractivity contribution in [2.45, 2.75) is 58.4 Å². The molecule has 0 saturated carbocycles. The quantitative estimate of drug-likeness (QED) is 0.441. The van der Waals surface area contributed by atoms with E-state index in [1.807, 2.05) is 0 Å². The van der Waals surface area contributed by atoms with Crippen molar-refractivity contribution >= 4 is 35.5 Å². The van der Waals surface area contributed by atoms with Crippen molar-refractivity contribution in [3.8, 4) is 5.75 Å². The zero-order valence-corrected chi connectivity index (χ0v) is 18.1. The normalized spacial score (nSPS) is 25.1. The van der Waals surface area contributed by atoms with Gasteiger partial charge in [-0.05, 0) is 24.3 Å². The molecule has 11 heteroatoms. The molecule has 0 radical (unpaired) electrons. The summed E-state index contributed by atoms with van der Waals surface area (Å²) in [5.74, 6) is -2.44. The Kier molecular flexibility index (Phi) is 8.64. The van der Waals surface area contributed by atoms with Crippen LogP contribution in [0.5, 0.6) is 5.75 Å². The summed E-state index contributed by atoms with van der Waals surface area (Å²) in [6, 6.07) is 6.25. The number of benzene rings is 1. The fraction of sp³-hybridized carbons (Fsp3) is 0.500. The minimum atomic E-state index is -1.30. The highest BCUT2D eigenvalue weighted by Crippen LogP contribution is 2.31. The van der Waals surface area contributed by atoms with Crippen LogP contribution in [0.2, 0.25) is 5.02 Å². The number of esters is 4. The summed E-state index contributed by atoms with van der Waals surface area (Å²) < 4.78 is 32.5. The van der Waals surface area contributed by atoms with Gasteiger partial charge in [-0.3, -0.25) is 19.2 Å². The van der Waals surface area contributed by atoms with Crippen LogP contribution in [0.4, 0.5) is 0 Å². The van der Waals surface area contributed by atoms with E-state index in [4.69, 9.17) is 40.0 Å². The summed E-state index contributed by atoms with van der Waals surface area (Å²) in [6.45, 7) is 4.29. The third-order valence-electron chi connectivity index (χ3n) is 4.01. The van der Waals surface area contributed by atoms with Crippen molar-refractivity contribution < 1.29 is 47.6 Å². The molecule has 170 valence electrons. The zero-order valence-electron chi connectivity index (χ0n) is 17.4. The Morgan fingerprint density at radius 3 is 1.84 bits per heavy atom. The molecule has 1 fully saturated rings. The molecule has 10 nitrogen and oxygen atoms in total. The molecule has 0 amide bonds. The molecule has 1 aliphatic heterocycles. The molecule has 0 spiro atoms. The second-order valence-corrected chi connectivity index (χ2v) is 7.08. The predicted molar refractivity (Wildman–Crippen MR) is 104 cm³/mol. The second kappa shape index (κ2) is 11.0. The highest BCUT2D eigenvalue weighted by atomic mass is 35.5. The van der Waals surface area contributed by atoms with Crippen molar-refractivity contribution in [3.05, 3.63) is 29.3 Å². The Balaban J connectivity index is 2.43. The molecule has 1 aliphatic rings. The molecule has 0 bridgehead atoms. The van der Waals surface area contributed by atoms with Gasteiger partial charge in [0, 0.05) is 32.7 Å². The smallest absolute Gasteiger partial charge is 0.303 e. The monoisotopic (exact) mass is 458 g/mol. The summed E-state index contributed by atoms with van der Waals surface area (Å²) in [5, 5.41) is 0.467. The molecular formula is C20H23ClO10. The SMILES string of the molecule is CC(=O)OC[C@H]1O[C@H](Oc2ccc(Cl)cc2)[C@H](OC(C)=O)[C@@H](OC(C)=O)[C@@H]1OC(C)=O. The van der Waals surface area contributed by atoms with Gasteiger partial charge in [0.2, 0.25) is 12.4 Å². The fourth-order valence-electron chi connectivity index (χ4n) is 2.93. The van der Waals surface area contributed by atoms with E-state index in [1.54, 1.807) is 24.3 Å². The minimum absolute atomic E-state index is 0.310. The lowest BCUT2D eigenvalue weighted by molar-refractivity contribution is -0.288. The molecule has 0 N–H and O–H groups in total. The summed E-state index contributed by atoms with van der Waals surface area (Å²) in [6.07, 6.45) is -6.20. The van der Waals surface area contributed by atoms with Gasteiger partial charge in [0.1, 0.15) is 18.5 Å². The molecule has 1 aromatic carbocycles. The third kappa shape index (κ3) is 7.41. The van der Waals surface area contributed by atoms with Gasteiger partial charge in [-0.25, -0.2) is 0 Å². The van der Waals surface area contributed by atoms with Crippen LogP contribution in [0.1, 0.15) is 27.7 Å². The lowest BCUT2D eigenvalue weighted by atomic mass is 9.98. The van der Waals surface area contributed by atoms with Gasteiger partial charge < -0.3 is 28.4 Å². The van der Waals surface area contributed by atoms with Crippen LogP contribution in [0, 0.1) is 0 Å². The number of halogens is 1. The number of rotatable bonds is 7. The van der Waals surface area contributed by atoms with Crippen LogP contribution in [0.3, 0.4) is 0 Å². The van der Waals surface area contributed by atoms with Gasteiger partial charge in [0.15, 0.2) is 12.2 Å². The maximum absolute atomic E-state index is 11.8. The van der Waals surface area contributed by atoms with E-state index in [0.717, 1.165) is 20.8 Å². The van der Waals surface area contributed by atoms with Crippen molar-refractivity contribution in [1.82, 2.24) is 0 Å². The van der Waals surface area contributed by atoms with E-state index in [2.05, 4.69) is 0 Å². The van der Waals surface area contributed by atoms with Crippen LogP contribution in [-0.2, 0) is 42.9 Å². The molecule has 5 atom stereocenters. The second-order valence-electron chi connectivity index (χ2n) is 6.64. The first-order valence-electron chi connectivity index (χ1n) is 9.29. The largest absolute Gasteiger partial charge is 0.463 e. The Labute approximate surface area is 183 Å². The van der Waals surface area contributed by atoms with Crippen molar-refractivity contribution in [2.24, 2.45) is 0 Å². The lowest BCUT2D eigenvalue weighted by Gasteiger charge is -2.43. The maximum atomic E-state index is 11.8. The average Bonchev–Trinajstić information content (AvgIpc) is 2.65. The minimum Gasteiger partial charge on any atom is -0.463 e. The number of carbonyl (C=O) groups is 4. The fourth-order valence-corrected chi connectivity index (χ4v) is 3.06. The highest BCUT2D eigenvalue weighted by molar-refractivity contribution is 6.30. The summed E-state index contributed by atoms with van der Waals surface area (Å²) in [5.41, 5.74) is 0. The van der Waals surface area contributed by atoms with Crippen LogP contribution >= 0.6 is 11.6 Å². The van der Waals surface area contributed by atoms with Crippen LogP contribution < -0.4 is 4.74 Å². The number of ether oxygens (including phenoxy) is 6. The number of hydrogen-bond donors (Lipinski definition) is 0. The summed E-state index contributed by atoms with van der Waals surface area (Å²) in [7, 11) is 0. The molecular weight excluding hydrogens is 436 g/mol. The zero-order chi connectivity index (χ0) is 23.1. The standard InChI is InChI=1S/C20H23ClO10/c1-10(22)26-9-16-17(27-11(2)23)18(28-12(3)24)19(29-13(4)25)20(31-16)30-15-7-5-14(21)6-8-15/h5-8,16-20H,9H2,1-4H3/t16-,17-,18+,19-,20+/m1/s1. The van der Waals surface area contributed by atoms with Gasteiger partial charge in [0.05, 0.1) is 0 Å². The van der Waals surface area contributed by atoms with E-state index < -0.39 is 54.6 Å². The summed E-state index contributed by atoms with van der Waals surface area (Å²) >= 11 is 5.88. The molecule has 31 heavy (non-hydrogen) atoms. The number of hydrogen-bond acceptors (Lipinski definition) is 10. The first-order valence-corrected chi connectivity index (χ1v) is 9.67. The molecule has 0 aliphatic carbocycles. The van der Waals surface area contributed by atoms with Gasteiger partial charge in [-0.15, -0.1) is 0 Å². The van der Waals surface area contributed by atoms with Crippen LogP contribution in [-0.4, -0.2) is 61.2 Å². The van der Waals surface area contributed by atoms with Crippen molar-refractivity contribution in [1.29, 1.82) is 0 Å². The Morgan fingerprint density at radius 2 is 1.32 bits per heavy atom. The van der Waals surface area contributed by atoms with E-state index >= 15 is 0 Å². The lowest BCUT2D eigenvalue weighted by Crippen LogP contribution is -2.63. The van der Waals surface area contributed by atoms with Gasteiger partial charge >= 0.3 is 23.9 Å². The number of carbonyl (C=O) groups excluding carboxylic acids is 4.